The number of rotatable bonds is 5. The van der Waals surface area contributed by atoms with E-state index in [1.54, 1.807) is 6.07 Å². The Morgan fingerprint density at radius 3 is 2.41 bits per heavy atom. The molecule has 2 fully saturated rings. The number of carbonyl (C=O) groups is 1. The van der Waals surface area contributed by atoms with Crippen LogP contribution in [0.15, 0.2) is 70.4 Å². The summed E-state index contributed by atoms with van der Waals surface area (Å²) in [5, 5.41) is 16.0. The van der Waals surface area contributed by atoms with Gasteiger partial charge in [-0.15, -0.1) is 0 Å². The molecule has 1 amide bonds. The molecule has 13 heteroatoms. The van der Waals surface area contributed by atoms with Gasteiger partial charge >= 0.3 is 13.5 Å². The second-order valence-corrected chi connectivity index (χ2v) is 11.8. The van der Waals surface area contributed by atoms with Crippen molar-refractivity contribution in [2.75, 3.05) is 13.2 Å². The predicted molar refractivity (Wildman–Crippen MR) is 148 cm³/mol. The molecule has 0 unspecified atom stereocenters. The van der Waals surface area contributed by atoms with Crippen LogP contribution < -0.4 is 11.2 Å². The monoisotopic (exact) mass is 577 g/mol. The van der Waals surface area contributed by atoms with Gasteiger partial charge in [0.1, 0.15) is 17.7 Å². The number of likely N-dealkylation sites (tertiary alicyclic amines) is 1. The number of amides is 1. The number of phosphoric ester groups is 1. The molecule has 2 aliphatic rings. The number of morpholine rings is 1. The Balaban J connectivity index is 1.40. The van der Waals surface area contributed by atoms with E-state index in [4.69, 9.17) is 9.26 Å². The van der Waals surface area contributed by atoms with Gasteiger partial charge in [-0.2, -0.15) is 0 Å². The largest absolute Gasteiger partial charge is 0.470 e. The molecule has 12 nitrogen and oxygen atoms in total. The molecule has 4 aromatic carbocycles. The van der Waals surface area contributed by atoms with Crippen molar-refractivity contribution >= 4 is 46.0 Å². The van der Waals surface area contributed by atoms with E-state index in [2.05, 4.69) is 4.98 Å². The number of aryl methyl sites for hydroxylation is 1. The number of carbonyl (C=O) groups excluding carboxylic acids is 1. The van der Waals surface area contributed by atoms with E-state index in [0.717, 1.165) is 31.5 Å². The summed E-state index contributed by atoms with van der Waals surface area (Å²) >= 11 is 0. The first kappa shape index (κ1) is 26.0. The van der Waals surface area contributed by atoms with Crippen molar-refractivity contribution in [1.82, 2.24) is 14.5 Å². The summed E-state index contributed by atoms with van der Waals surface area (Å²) in [5.74, 6) is -0.495. The maximum Gasteiger partial charge on any atom is 0.470 e. The highest BCUT2D eigenvalue weighted by atomic mass is 31.2. The highest BCUT2D eigenvalue weighted by molar-refractivity contribution is 7.46. The van der Waals surface area contributed by atoms with Gasteiger partial charge in [0, 0.05) is 17.3 Å². The number of benzene rings is 4. The van der Waals surface area contributed by atoms with Crippen LogP contribution in [0.5, 0.6) is 0 Å². The van der Waals surface area contributed by atoms with E-state index < -0.39 is 55.6 Å². The van der Waals surface area contributed by atoms with Gasteiger partial charge in [0.25, 0.3) is 11.5 Å². The lowest BCUT2D eigenvalue weighted by Crippen LogP contribution is -2.51. The molecular formula is C28H24N3O9P. The molecular weight excluding hydrogens is 553 g/mol. The van der Waals surface area contributed by atoms with Crippen LogP contribution in [0.1, 0.15) is 22.1 Å². The molecule has 0 spiro atoms. The fraction of sp³-hybridized carbons (Fsp3) is 0.250. The third-order valence-electron chi connectivity index (χ3n) is 8.23. The molecule has 2 aliphatic heterocycles. The highest BCUT2D eigenvalue weighted by Crippen LogP contribution is 2.53. The first-order valence-electron chi connectivity index (χ1n) is 12.8. The van der Waals surface area contributed by atoms with E-state index >= 15 is 0 Å². The molecule has 0 saturated carbocycles. The number of aliphatic hydroxyl groups is 1. The molecule has 4 N–H and O–H groups in total. The third kappa shape index (κ3) is 3.80. The third-order valence-corrected chi connectivity index (χ3v) is 8.73. The van der Waals surface area contributed by atoms with Crippen LogP contribution in [0.3, 0.4) is 0 Å². The zero-order chi connectivity index (χ0) is 28.8. The van der Waals surface area contributed by atoms with Crippen molar-refractivity contribution in [2.45, 2.75) is 30.9 Å². The van der Waals surface area contributed by atoms with E-state index in [-0.39, 0.29) is 12.1 Å². The van der Waals surface area contributed by atoms with Crippen LogP contribution in [0.4, 0.5) is 0 Å². The summed E-state index contributed by atoms with van der Waals surface area (Å²) in [6.07, 6.45) is -1.56. The molecule has 41 heavy (non-hydrogen) atoms. The second-order valence-electron chi connectivity index (χ2n) is 10.6. The van der Waals surface area contributed by atoms with Crippen LogP contribution >= 0.6 is 7.82 Å². The van der Waals surface area contributed by atoms with Crippen LogP contribution in [-0.2, 0) is 13.8 Å². The smallest absolute Gasteiger partial charge is 0.393 e. The predicted octanol–water partition coefficient (Wildman–Crippen LogP) is 2.00. The number of ether oxygens (including phenoxy) is 1. The van der Waals surface area contributed by atoms with Crippen LogP contribution in [0, 0.1) is 6.92 Å². The topological polar surface area (TPSA) is 171 Å². The molecule has 4 atom stereocenters. The Morgan fingerprint density at radius 1 is 1.07 bits per heavy atom. The Bertz CT molecular complexity index is 2030. The van der Waals surface area contributed by atoms with E-state index in [1.165, 1.54) is 18.0 Å². The average molecular weight is 577 g/mol. The summed E-state index contributed by atoms with van der Waals surface area (Å²) in [6.45, 7) is 0.457. The van der Waals surface area contributed by atoms with Gasteiger partial charge in [-0.25, -0.2) is 9.36 Å². The summed E-state index contributed by atoms with van der Waals surface area (Å²) in [4.78, 5) is 62.1. The van der Waals surface area contributed by atoms with E-state index in [0.29, 0.717) is 10.9 Å². The summed E-state index contributed by atoms with van der Waals surface area (Å²) < 4.78 is 24.2. The lowest BCUT2D eigenvalue weighted by Gasteiger charge is -2.37. The van der Waals surface area contributed by atoms with Crippen molar-refractivity contribution in [1.29, 1.82) is 0 Å². The van der Waals surface area contributed by atoms with E-state index in [9.17, 15) is 33.8 Å². The number of hydrogen-bond donors (Lipinski definition) is 4. The number of fused-ring (bicyclic) bond motifs is 2. The Kier molecular flexibility index (Phi) is 5.59. The van der Waals surface area contributed by atoms with Crippen molar-refractivity contribution < 1.29 is 33.5 Å². The van der Waals surface area contributed by atoms with Crippen LogP contribution in [-0.4, -0.2) is 66.2 Å². The lowest BCUT2D eigenvalue weighted by molar-refractivity contribution is -0.148. The zero-order valence-electron chi connectivity index (χ0n) is 21.6. The van der Waals surface area contributed by atoms with Crippen LogP contribution in [0.25, 0.3) is 32.3 Å². The quantitative estimate of drug-likeness (QED) is 0.180. The Hall–Kier alpha value is -3.90. The number of H-pyrrole nitrogens is 1. The standard InChI is InChI=1S/C28H24N3O9P/c1-14-11-30(27(35)29-24(14)33)26-22-23(40-41(36,37)38)28(13-32,39-26)12-31(22)25(34)19-10-8-17-6-5-15-3-2-4-16-7-9-18(19)21(17)20(15)16/h2-11,22-23,26,32H,12-13H2,1H3,(H,29,33,35)(H2,36,37,38)/t22-,23+,26-,28-/m1/s1. The van der Waals surface area contributed by atoms with Gasteiger partial charge in [-0.1, -0.05) is 48.5 Å². The first-order chi connectivity index (χ1) is 19.5. The van der Waals surface area contributed by atoms with Crippen molar-refractivity contribution in [3.05, 3.63) is 92.8 Å². The molecule has 3 heterocycles. The minimum absolute atomic E-state index is 0.172. The maximum atomic E-state index is 14.3. The Labute approximate surface area is 230 Å². The SMILES string of the molecule is Cc1cn([C@@H]2O[C@@]3(CO)CN(C(=O)c4ccc5ccc6cccc7ccc4c5c67)[C@@H]2[C@@H]3OP(=O)(O)O)c(=O)[nH]c1=O. The number of aliphatic hydroxyl groups excluding tert-OH is 1. The van der Waals surface area contributed by atoms with E-state index in [1.807, 2.05) is 48.5 Å². The molecule has 0 aliphatic carbocycles. The summed E-state index contributed by atoms with van der Waals surface area (Å²) in [5.41, 5.74) is -2.72. The van der Waals surface area contributed by atoms with Crippen molar-refractivity contribution in [2.24, 2.45) is 0 Å². The first-order valence-corrected chi connectivity index (χ1v) is 14.4. The van der Waals surface area contributed by atoms with Gasteiger partial charge < -0.3 is 24.5 Å². The zero-order valence-corrected chi connectivity index (χ0v) is 22.4. The molecule has 2 bridgehead atoms. The molecule has 210 valence electrons. The number of aromatic nitrogens is 2. The van der Waals surface area contributed by atoms with Crippen molar-refractivity contribution in [3.8, 4) is 0 Å². The second kappa shape index (κ2) is 8.80. The molecule has 2 saturated heterocycles. The fourth-order valence-corrected chi connectivity index (χ4v) is 7.05. The minimum Gasteiger partial charge on any atom is -0.393 e. The number of aromatic amines is 1. The average Bonchev–Trinajstić information content (AvgIpc) is 3.41. The van der Waals surface area contributed by atoms with Gasteiger partial charge in [0.15, 0.2) is 6.23 Å². The van der Waals surface area contributed by atoms with Gasteiger partial charge in [0.2, 0.25) is 0 Å². The maximum absolute atomic E-state index is 14.3. The lowest BCUT2D eigenvalue weighted by atomic mass is 9.91. The van der Waals surface area contributed by atoms with Crippen LogP contribution in [0.2, 0.25) is 0 Å². The summed E-state index contributed by atoms with van der Waals surface area (Å²) in [7, 11) is -5.13. The number of nitrogens with one attached hydrogen (secondary N) is 1. The number of nitrogens with zero attached hydrogens (tertiary/aromatic N) is 2. The Morgan fingerprint density at radius 2 is 1.73 bits per heavy atom. The number of phosphoric acid groups is 1. The molecule has 5 aromatic rings. The highest BCUT2D eigenvalue weighted by Gasteiger charge is 2.67. The minimum atomic E-state index is -5.13. The van der Waals surface area contributed by atoms with Gasteiger partial charge in [0.05, 0.1) is 13.2 Å². The fourth-order valence-electron chi connectivity index (χ4n) is 6.44. The molecule has 0 radical (unpaired) electrons. The van der Waals surface area contributed by atoms with Gasteiger partial charge in [-0.05, 0) is 45.3 Å². The molecule has 1 aromatic heterocycles. The van der Waals surface area contributed by atoms with Crippen molar-refractivity contribution in [3.63, 3.8) is 0 Å². The van der Waals surface area contributed by atoms with Gasteiger partial charge in [-0.3, -0.25) is 23.7 Å². The molecule has 7 rings (SSSR count). The normalized spacial score (nSPS) is 24.3. The number of hydrogen-bond acceptors (Lipinski definition) is 7. The summed E-state index contributed by atoms with van der Waals surface area (Å²) in [6, 6.07) is 16.0.